The zero-order chi connectivity index (χ0) is 14.7. The Morgan fingerprint density at radius 2 is 2.00 bits per heavy atom. The number of nitrogens with two attached hydrogens (primary N) is 1. The highest BCUT2D eigenvalue weighted by molar-refractivity contribution is 5.74. The van der Waals surface area contributed by atoms with Gasteiger partial charge in [-0.3, -0.25) is 4.79 Å². The van der Waals surface area contributed by atoms with Crippen LogP contribution in [0.25, 0.3) is 11.0 Å². The quantitative estimate of drug-likeness (QED) is 0.743. The third-order valence-corrected chi connectivity index (χ3v) is 3.19. The lowest BCUT2D eigenvalue weighted by molar-refractivity contribution is 0.298. The van der Waals surface area contributed by atoms with Gasteiger partial charge in [0.15, 0.2) is 0 Å². The SMILES string of the molecule is Nc1cccc(OCCn2c(=O)cnc3ccccc32)c1. The van der Waals surface area contributed by atoms with Crippen LogP contribution in [0.2, 0.25) is 0 Å². The summed E-state index contributed by atoms with van der Waals surface area (Å²) in [4.78, 5) is 16.1. The molecule has 3 aromatic rings. The summed E-state index contributed by atoms with van der Waals surface area (Å²) in [6, 6.07) is 14.8. The van der Waals surface area contributed by atoms with Gasteiger partial charge in [0.25, 0.3) is 5.56 Å². The summed E-state index contributed by atoms with van der Waals surface area (Å²) < 4.78 is 7.30. The van der Waals surface area contributed by atoms with Crippen LogP contribution in [-0.4, -0.2) is 16.2 Å². The van der Waals surface area contributed by atoms with Crippen molar-refractivity contribution in [2.75, 3.05) is 12.3 Å². The Hall–Kier alpha value is -2.82. The van der Waals surface area contributed by atoms with E-state index in [1.807, 2.05) is 36.4 Å². The average Bonchev–Trinajstić information content (AvgIpc) is 2.50. The predicted molar refractivity (Wildman–Crippen MR) is 82.4 cm³/mol. The first-order valence-corrected chi connectivity index (χ1v) is 6.67. The molecule has 0 aliphatic carbocycles. The van der Waals surface area contributed by atoms with Crippen LogP contribution < -0.4 is 16.0 Å². The van der Waals surface area contributed by atoms with Crippen LogP contribution in [0.4, 0.5) is 5.69 Å². The van der Waals surface area contributed by atoms with Gasteiger partial charge in [-0.2, -0.15) is 0 Å². The second-order valence-corrected chi connectivity index (χ2v) is 4.66. The molecule has 2 aromatic carbocycles. The summed E-state index contributed by atoms with van der Waals surface area (Å²) >= 11 is 0. The van der Waals surface area contributed by atoms with Gasteiger partial charge in [0.1, 0.15) is 12.4 Å². The third kappa shape index (κ3) is 2.86. The van der Waals surface area contributed by atoms with Crippen LogP contribution in [0.15, 0.2) is 59.5 Å². The van der Waals surface area contributed by atoms with Crippen LogP contribution in [-0.2, 0) is 6.54 Å². The van der Waals surface area contributed by atoms with Gasteiger partial charge in [0.05, 0.1) is 23.8 Å². The molecule has 2 N–H and O–H groups in total. The topological polar surface area (TPSA) is 70.1 Å². The first kappa shape index (κ1) is 13.2. The van der Waals surface area contributed by atoms with E-state index in [4.69, 9.17) is 10.5 Å². The van der Waals surface area contributed by atoms with E-state index >= 15 is 0 Å². The number of nitrogens with zero attached hydrogens (tertiary/aromatic N) is 2. The molecule has 3 rings (SSSR count). The molecule has 0 atom stereocenters. The summed E-state index contributed by atoms with van der Waals surface area (Å²) in [5, 5.41) is 0. The molecule has 0 radical (unpaired) electrons. The van der Waals surface area contributed by atoms with Crippen molar-refractivity contribution in [2.45, 2.75) is 6.54 Å². The summed E-state index contributed by atoms with van der Waals surface area (Å²) in [6.07, 6.45) is 1.34. The van der Waals surface area contributed by atoms with Crippen LogP contribution in [0.3, 0.4) is 0 Å². The van der Waals surface area contributed by atoms with Crippen molar-refractivity contribution in [3.63, 3.8) is 0 Å². The van der Waals surface area contributed by atoms with Crippen LogP contribution in [0, 0.1) is 0 Å². The second kappa shape index (κ2) is 5.66. The maximum absolute atomic E-state index is 12.0. The van der Waals surface area contributed by atoms with Gasteiger partial charge in [0.2, 0.25) is 0 Å². The lowest BCUT2D eigenvalue weighted by Crippen LogP contribution is -2.23. The standard InChI is InChI=1S/C16H15N3O2/c17-12-4-3-5-13(10-12)21-9-8-19-15-7-2-1-6-14(15)18-11-16(19)20/h1-7,10-11H,8-9,17H2. The Labute approximate surface area is 121 Å². The van der Waals surface area contributed by atoms with Crippen molar-refractivity contribution >= 4 is 16.7 Å². The number of anilines is 1. The molecule has 0 unspecified atom stereocenters. The maximum Gasteiger partial charge on any atom is 0.269 e. The second-order valence-electron chi connectivity index (χ2n) is 4.66. The molecule has 21 heavy (non-hydrogen) atoms. The Morgan fingerprint density at radius 3 is 2.86 bits per heavy atom. The molecule has 0 aliphatic rings. The molecule has 0 saturated carbocycles. The molecule has 0 fully saturated rings. The highest BCUT2D eigenvalue weighted by Crippen LogP contribution is 2.14. The first-order chi connectivity index (χ1) is 10.2. The molecular weight excluding hydrogens is 266 g/mol. The van der Waals surface area contributed by atoms with Crippen LogP contribution >= 0.6 is 0 Å². The molecule has 0 spiro atoms. The summed E-state index contributed by atoms with van der Waals surface area (Å²) in [6.45, 7) is 0.841. The number of nitrogen functional groups attached to an aromatic ring is 1. The minimum Gasteiger partial charge on any atom is -0.492 e. The normalized spacial score (nSPS) is 10.7. The number of hydrogen-bond acceptors (Lipinski definition) is 4. The molecule has 1 aromatic heterocycles. The third-order valence-electron chi connectivity index (χ3n) is 3.19. The van der Waals surface area contributed by atoms with E-state index in [0.29, 0.717) is 24.6 Å². The lowest BCUT2D eigenvalue weighted by atomic mass is 10.3. The van der Waals surface area contributed by atoms with Gasteiger partial charge >= 0.3 is 0 Å². The van der Waals surface area contributed by atoms with E-state index < -0.39 is 0 Å². The molecule has 0 aliphatic heterocycles. The molecule has 5 nitrogen and oxygen atoms in total. The fourth-order valence-electron chi connectivity index (χ4n) is 2.20. The van der Waals surface area contributed by atoms with Gasteiger partial charge in [-0.25, -0.2) is 4.98 Å². The number of fused-ring (bicyclic) bond motifs is 1. The number of benzene rings is 2. The van der Waals surface area contributed by atoms with Crippen molar-refractivity contribution in [1.82, 2.24) is 9.55 Å². The Balaban J connectivity index is 1.79. The Kier molecular flexibility index (Phi) is 3.55. The fourth-order valence-corrected chi connectivity index (χ4v) is 2.20. The number of aromatic nitrogens is 2. The van der Waals surface area contributed by atoms with Crippen molar-refractivity contribution in [1.29, 1.82) is 0 Å². The van der Waals surface area contributed by atoms with E-state index in [2.05, 4.69) is 4.98 Å². The highest BCUT2D eigenvalue weighted by atomic mass is 16.5. The number of ether oxygens (including phenoxy) is 1. The Bertz CT molecular complexity index is 827. The van der Waals surface area contributed by atoms with Crippen molar-refractivity contribution in [3.05, 3.63) is 65.1 Å². The molecule has 0 amide bonds. The van der Waals surface area contributed by atoms with Gasteiger partial charge in [-0.15, -0.1) is 0 Å². The van der Waals surface area contributed by atoms with Crippen LogP contribution in [0.5, 0.6) is 5.75 Å². The predicted octanol–water partition coefficient (Wildman–Crippen LogP) is 2.06. The van der Waals surface area contributed by atoms with E-state index in [-0.39, 0.29) is 5.56 Å². The van der Waals surface area contributed by atoms with E-state index in [1.165, 1.54) is 6.20 Å². The zero-order valence-electron chi connectivity index (χ0n) is 11.4. The number of rotatable bonds is 4. The molecule has 0 saturated heterocycles. The maximum atomic E-state index is 12.0. The van der Waals surface area contributed by atoms with Crippen LogP contribution in [0.1, 0.15) is 0 Å². The molecular formula is C16H15N3O2. The molecule has 0 bridgehead atoms. The van der Waals surface area contributed by atoms with E-state index in [1.54, 1.807) is 16.7 Å². The average molecular weight is 281 g/mol. The summed E-state index contributed by atoms with van der Waals surface area (Å²) in [5.74, 6) is 0.696. The van der Waals surface area contributed by atoms with Gasteiger partial charge in [-0.1, -0.05) is 18.2 Å². The van der Waals surface area contributed by atoms with Crippen molar-refractivity contribution < 1.29 is 4.74 Å². The zero-order valence-corrected chi connectivity index (χ0v) is 11.4. The Morgan fingerprint density at radius 1 is 1.14 bits per heavy atom. The monoisotopic (exact) mass is 281 g/mol. The largest absolute Gasteiger partial charge is 0.492 e. The van der Waals surface area contributed by atoms with Gasteiger partial charge < -0.3 is 15.0 Å². The molecule has 106 valence electrons. The number of hydrogen-bond donors (Lipinski definition) is 1. The summed E-state index contributed by atoms with van der Waals surface area (Å²) in [7, 11) is 0. The fraction of sp³-hybridized carbons (Fsp3) is 0.125. The minimum atomic E-state index is -0.134. The number of para-hydroxylation sites is 2. The van der Waals surface area contributed by atoms with Gasteiger partial charge in [0, 0.05) is 11.8 Å². The summed E-state index contributed by atoms with van der Waals surface area (Å²) in [5.41, 5.74) is 7.81. The first-order valence-electron chi connectivity index (χ1n) is 6.67. The molecule has 5 heteroatoms. The van der Waals surface area contributed by atoms with Crippen molar-refractivity contribution in [3.8, 4) is 5.75 Å². The smallest absolute Gasteiger partial charge is 0.269 e. The van der Waals surface area contributed by atoms with Gasteiger partial charge in [-0.05, 0) is 24.3 Å². The highest BCUT2D eigenvalue weighted by Gasteiger charge is 2.03. The van der Waals surface area contributed by atoms with Crippen molar-refractivity contribution in [2.24, 2.45) is 0 Å². The van der Waals surface area contributed by atoms with E-state index in [9.17, 15) is 4.79 Å². The minimum absolute atomic E-state index is 0.134. The molecule has 1 heterocycles. The van der Waals surface area contributed by atoms with E-state index in [0.717, 1.165) is 11.0 Å². The lowest BCUT2D eigenvalue weighted by Gasteiger charge is -2.11.